The van der Waals surface area contributed by atoms with Gasteiger partial charge in [0, 0.05) is 29.4 Å². The minimum Gasteiger partial charge on any atom is -0.356 e. The summed E-state index contributed by atoms with van der Waals surface area (Å²) in [7, 11) is 0. The van der Waals surface area contributed by atoms with E-state index in [2.05, 4.69) is 36.1 Å². The van der Waals surface area contributed by atoms with Gasteiger partial charge in [-0.05, 0) is 43.2 Å². The van der Waals surface area contributed by atoms with Crippen molar-refractivity contribution < 1.29 is 4.79 Å². The normalized spacial score (nSPS) is 14.0. The lowest BCUT2D eigenvalue weighted by molar-refractivity contribution is -0.113. The first-order valence-corrected chi connectivity index (χ1v) is 9.25. The van der Waals surface area contributed by atoms with E-state index in [0.29, 0.717) is 10.9 Å². The maximum absolute atomic E-state index is 12.0. The van der Waals surface area contributed by atoms with Gasteiger partial charge < -0.3 is 10.2 Å². The van der Waals surface area contributed by atoms with E-state index >= 15 is 0 Å². The molecule has 5 nitrogen and oxygen atoms in total. The van der Waals surface area contributed by atoms with Gasteiger partial charge in [-0.2, -0.15) is 0 Å². The van der Waals surface area contributed by atoms with E-state index in [1.54, 1.807) is 6.20 Å². The number of nitrogens with zero attached hydrogens (tertiary/aromatic N) is 3. The molecular formula is C16H17BrN4OS. The first-order valence-electron chi connectivity index (χ1n) is 7.47. The molecule has 2 heterocycles. The molecule has 0 spiro atoms. The van der Waals surface area contributed by atoms with Gasteiger partial charge in [0.2, 0.25) is 5.91 Å². The fraction of sp³-hybridized carbons (Fsp3) is 0.312. The van der Waals surface area contributed by atoms with Gasteiger partial charge in [0.05, 0.1) is 5.75 Å². The van der Waals surface area contributed by atoms with E-state index in [1.807, 2.05) is 30.3 Å². The molecule has 23 heavy (non-hydrogen) atoms. The molecule has 120 valence electrons. The lowest BCUT2D eigenvalue weighted by Gasteiger charge is -2.16. The highest BCUT2D eigenvalue weighted by molar-refractivity contribution is 9.10. The molecule has 7 heteroatoms. The largest absolute Gasteiger partial charge is 0.356 e. The van der Waals surface area contributed by atoms with Crippen LogP contribution in [0.4, 0.5) is 11.5 Å². The van der Waals surface area contributed by atoms with E-state index in [9.17, 15) is 4.79 Å². The van der Waals surface area contributed by atoms with Gasteiger partial charge in [-0.15, -0.1) is 0 Å². The molecule has 2 aromatic rings. The van der Waals surface area contributed by atoms with Gasteiger partial charge in [-0.3, -0.25) is 4.79 Å². The minimum atomic E-state index is -0.0625. The smallest absolute Gasteiger partial charge is 0.234 e. The summed E-state index contributed by atoms with van der Waals surface area (Å²) in [5, 5.41) is 3.50. The molecule has 3 rings (SSSR count). The third-order valence-electron chi connectivity index (χ3n) is 3.51. The van der Waals surface area contributed by atoms with Gasteiger partial charge in [0.25, 0.3) is 0 Å². The Labute approximate surface area is 148 Å². The third kappa shape index (κ3) is 4.68. The predicted octanol–water partition coefficient (Wildman–Crippen LogP) is 3.57. The Kier molecular flexibility index (Phi) is 5.51. The zero-order chi connectivity index (χ0) is 16.1. The number of nitrogens with one attached hydrogen (secondary N) is 1. The number of anilines is 2. The van der Waals surface area contributed by atoms with Crippen LogP contribution in [0.25, 0.3) is 0 Å². The molecule has 0 saturated carbocycles. The van der Waals surface area contributed by atoms with Crippen molar-refractivity contribution in [3.63, 3.8) is 0 Å². The number of hydrogen-bond acceptors (Lipinski definition) is 5. The van der Waals surface area contributed by atoms with Crippen molar-refractivity contribution in [1.82, 2.24) is 9.97 Å². The van der Waals surface area contributed by atoms with Crippen LogP contribution in [0.2, 0.25) is 0 Å². The molecule has 0 bridgehead atoms. The topological polar surface area (TPSA) is 58.1 Å². The van der Waals surface area contributed by atoms with Crippen molar-refractivity contribution in [2.45, 2.75) is 18.0 Å². The van der Waals surface area contributed by atoms with E-state index < -0.39 is 0 Å². The van der Waals surface area contributed by atoms with Crippen LogP contribution < -0.4 is 10.2 Å². The van der Waals surface area contributed by atoms with Crippen LogP contribution in [-0.4, -0.2) is 34.7 Å². The highest BCUT2D eigenvalue weighted by Crippen LogP contribution is 2.21. The number of carbonyl (C=O) groups is 1. The second-order valence-corrected chi connectivity index (χ2v) is 7.09. The molecule has 1 N–H and O–H groups in total. The lowest BCUT2D eigenvalue weighted by Crippen LogP contribution is -2.19. The Morgan fingerprint density at radius 1 is 1.22 bits per heavy atom. The molecule has 1 aromatic heterocycles. The van der Waals surface area contributed by atoms with Crippen molar-refractivity contribution >= 4 is 45.1 Å². The Balaban J connectivity index is 1.54. The number of halogens is 1. The summed E-state index contributed by atoms with van der Waals surface area (Å²) in [4.78, 5) is 23.0. The second-order valence-electron chi connectivity index (χ2n) is 5.24. The van der Waals surface area contributed by atoms with Crippen LogP contribution in [-0.2, 0) is 4.79 Å². The number of carbonyl (C=O) groups excluding carboxylic acids is 1. The fourth-order valence-electron chi connectivity index (χ4n) is 2.38. The monoisotopic (exact) mass is 392 g/mol. The summed E-state index contributed by atoms with van der Waals surface area (Å²) in [6, 6.07) is 9.43. The van der Waals surface area contributed by atoms with Crippen LogP contribution in [0.1, 0.15) is 12.8 Å². The lowest BCUT2D eigenvalue weighted by atomic mass is 10.3. The Morgan fingerprint density at radius 3 is 2.70 bits per heavy atom. The maximum atomic E-state index is 12.0. The molecule has 0 aliphatic carbocycles. The van der Waals surface area contributed by atoms with Crippen LogP contribution in [0.5, 0.6) is 0 Å². The van der Waals surface area contributed by atoms with Crippen LogP contribution >= 0.6 is 27.7 Å². The summed E-state index contributed by atoms with van der Waals surface area (Å²) in [6.07, 6.45) is 4.18. The van der Waals surface area contributed by atoms with Crippen LogP contribution in [0.3, 0.4) is 0 Å². The van der Waals surface area contributed by atoms with Gasteiger partial charge in [0.15, 0.2) is 5.16 Å². The molecule has 1 aliphatic heterocycles. The molecule has 1 aromatic carbocycles. The molecular weight excluding hydrogens is 376 g/mol. The third-order valence-corrected chi connectivity index (χ3v) is 4.90. The SMILES string of the molecule is O=C(CSc1nccc(N2CCCC2)n1)Nc1ccc(Br)cc1. The van der Waals surface area contributed by atoms with Crippen molar-refractivity contribution in [3.05, 3.63) is 41.0 Å². The summed E-state index contributed by atoms with van der Waals surface area (Å²) in [5.74, 6) is 1.18. The zero-order valence-corrected chi connectivity index (χ0v) is 14.9. The number of benzene rings is 1. The average Bonchev–Trinajstić information content (AvgIpc) is 3.10. The summed E-state index contributed by atoms with van der Waals surface area (Å²) < 4.78 is 0.983. The summed E-state index contributed by atoms with van der Waals surface area (Å²) >= 11 is 4.72. The van der Waals surface area contributed by atoms with Gasteiger partial charge in [-0.25, -0.2) is 9.97 Å². The van der Waals surface area contributed by atoms with Gasteiger partial charge in [0.1, 0.15) is 5.82 Å². The van der Waals surface area contributed by atoms with E-state index in [0.717, 1.165) is 29.1 Å². The number of hydrogen-bond donors (Lipinski definition) is 1. The highest BCUT2D eigenvalue weighted by atomic mass is 79.9. The Bertz CT molecular complexity index is 674. The molecule has 0 radical (unpaired) electrons. The van der Waals surface area contributed by atoms with Crippen molar-refractivity contribution in [3.8, 4) is 0 Å². The summed E-state index contributed by atoms with van der Waals surface area (Å²) in [5.41, 5.74) is 0.783. The maximum Gasteiger partial charge on any atom is 0.234 e. The van der Waals surface area contributed by atoms with Gasteiger partial charge in [-0.1, -0.05) is 27.7 Å². The second kappa shape index (κ2) is 7.79. The van der Waals surface area contributed by atoms with E-state index in [-0.39, 0.29) is 5.91 Å². The van der Waals surface area contributed by atoms with Crippen LogP contribution in [0.15, 0.2) is 46.2 Å². The minimum absolute atomic E-state index is 0.0625. The quantitative estimate of drug-likeness (QED) is 0.622. The first kappa shape index (κ1) is 16.3. The number of aromatic nitrogens is 2. The van der Waals surface area contributed by atoms with E-state index in [1.165, 1.54) is 24.6 Å². The molecule has 1 amide bonds. The highest BCUT2D eigenvalue weighted by Gasteiger charge is 2.14. The molecule has 1 aliphatic rings. The Morgan fingerprint density at radius 2 is 1.96 bits per heavy atom. The molecule has 0 unspecified atom stereocenters. The first-order chi connectivity index (χ1) is 11.2. The average molecular weight is 393 g/mol. The Hall–Kier alpha value is -1.60. The van der Waals surface area contributed by atoms with Crippen molar-refractivity contribution in [1.29, 1.82) is 0 Å². The van der Waals surface area contributed by atoms with Crippen molar-refractivity contribution in [2.24, 2.45) is 0 Å². The molecule has 1 fully saturated rings. The fourth-order valence-corrected chi connectivity index (χ4v) is 3.27. The number of rotatable bonds is 5. The zero-order valence-electron chi connectivity index (χ0n) is 12.5. The van der Waals surface area contributed by atoms with Crippen molar-refractivity contribution in [2.75, 3.05) is 29.1 Å². The standard InChI is InChI=1S/C16H17BrN4OS/c17-12-3-5-13(6-4-12)19-15(22)11-23-16-18-8-7-14(20-16)21-9-1-2-10-21/h3-8H,1-2,9-11H2,(H,19,22). The number of thioether (sulfide) groups is 1. The molecule has 1 saturated heterocycles. The van der Waals surface area contributed by atoms with Crippen LogP contribution in [0, 0.1) is 0 Å². The predicted molar refractivity (Wildman–Crippen MR) is 97.0 cm³/mol. The molecule has 0 atom stereocenters. The van der Waals surface area contributed by atoms with E-state index in [4.69, 9.17) is 0 Å². The summed E-state index contributed by atoms with van der Waals surface area (Å²) in [6.45, 7) is 2.09. The number of amides is 1. The van der Waals surface area contributed by atoms with Gasteiger partial charge >= 0.3 is 0 Å².